The maximum atomic E-state index is 6.25. The minimum atomic E-state index is 0.282. The molecule has 1 aromatic carbocycles. The Morgan fingerprint density at radius 2 is 1.95 bits per heavy atom. The van der Waals surface area contributed by atoms with Gasteiger partial charge in [-0.3, -0.25) is 0 Å². The molecule has 0 unspecified atom stereocenters. The van der Waals surface area contributed by atoms with Crippen molar-refractivity contribution in [1.29, 1.82) is 0 Å². The van der Waals surface area contributed by atoms with Crippen LogP contribution in [-0.2, 0) is 0 Å². The number of aromatic nitrogens is 3. The highest BCUT2D eigenvalue weighted by molar-refractivity contribution is 6.33. The standard InChI is InChI=1S/C14H18ClN5/c1-8(2)17-12-7-16-20-14(18-12)19-13-10(4)5-9(3)6-11(13)15/h5-8H,1-4H3,(H2,17,18,19,20). The van der Waals surface area contributed by atoms with E-state index in [1.54, 1.807) is 6.20 Å². The average molecular weight is 292 g/mol. The van der Waals surface area contributed by atoms with Gasteiger partial charge in [-0.25, -0.2) is 0 Å². The van der Waals surface area contributed by atoms with Gasteiger partial charge < -0.3 is 10.6 Å². The Balaban J connectivity index is 2.26. The van der Waals surface area contributed by atoms with E-state index in [1.807, 2.05) is 33.8 Å². The molecule has 0 saturated heterocycles. The van der Waals surface area contributed by atoms with Crippen LogP contribution in [0.15, 0.2) is 18.3 Å². The maximum Gasteiger partial charge on any atom is 0.249 e. The van der Waals surface area contributed by atoms with E-state index in [-0.39, 0.29) is 6.04 Å². The number of nitrogens with one attached hydrogen (secondary N) is 2. The molecule has 6 heteroatoms. The summed E-state index contributed by atoms with van der Waals surface area (Å²) < 4.78 is 0. The summed E-state index contributed by atoms with van der Waals surface area (Å²) in [6.45, 7) is 8.07. The summed E-state index contributed by atoms with van der Waals surface area (Å²) in [5.41, 5.74) is 2.97. The van der Waals surface area contributed by atoms with Crippen LogP contribution in [0.5, 0.6) is 0 Å². The zero-order valence-corrected chi connectivity index (χ0v) is 12.8. The summed E-state index contributed by atoms with van der Waals surface area (Å²) in [6, 6.07) is 4.24. The van der Waals surface area contributed by atoms with Gasteiger partial charge in [0.15, 0.2) is 5.82 Å². The van der Waals surface area contributed by atoms with Crippen molar-refractivity contribution in [1.82, 2.24) is 15.2 Å². The number of hydrogen-bond donors (Lipinski definition) is 2. The Morgan fingerprint density at radius 3 is 2.60 bits per heavy atom. The Kier molecular flexibility index (Phi) is 4.39. The molecular weight excluding hydrogens is 274 g/mol. The fourth-order valence-corrected chi connectivity index (χ4v) is 2.28. The molecule has 2 N–H and O–H groups in total. The van der Waals surface area contributed by atoms with E-state index in [0.717, 1.165) is 16.8 Å². The number of hydrogen-bond acceptors (Lipinski definition) is 5. The molecule has 20 heavy (non-hydrogen) atoms. The molecule has 0 aliphatic carbocycles. The third-order valence-corrected chi connectivity index (χ3v) is 2.96. The van der Waals surface area contributed by atoms with E-state index in [0.29, 0.717) is 16.8 Å². The molecule has 0 spiro atoms. The van der Waals surface area contributed by atoms with Gasteiger partial charge in [-0.2, -0.15) is 10.1 Å². The molecule has 5 nitrogen and oxygen atoms in total. The second-order valence-corrected chi connectivity index (χ2v) is 5.44. The van der Waals surface area contributed by atoms with Gasteiger partial charge in [0.1, 0.15) is 0 Å². The molecule has 106 valence electrons. The lowest BCUT2D eigenvalue weighted by Gasteiger charge is -2.12. The van der Waals surface area contributed by atoms with Crippen LogP contribution in [0.25, 0.3) is 0 Å². The summed E-state index contributed by atoms with van der Waals surface area (Å²) in [7, 11) is 0. The Bertz CT molecular complexity index is 589. The largest absolute Gasteiger partial charge is 0.366 e. The quantitative estimate of drug-likeness (QED) is 0.899. The lowest BCUT2D eigenvalue weighted by molar-refractivity contribution is 0.873. The van der Waals surface area contributed by atoms with Crippen LogP contribution >= 0.6 is 11.6 Å². The molecule has 0 amide bonds. The van der Waals surface area contributed by atoms with Gasteiger partial charge in [-0.15, -0.1) is 5.10 Å². The van der Waals surface area contributed by atoms with Crippen LogP contribution in [0, 0.1) is 13.8 Å². The lowest BCUT2D eigenvalue weighted by atomic mass is 10.1. The van der Waals surface area contributed by atoms with Gasteiger partial charge in [0.25, 0.3) is 0 Å². The van der Waals surface area contributed by atoms with Crippen molar-refractivity contribution >= 4 is 29.1 Å². The third-order valence-electron chi connectivity index (χ3n) is 2.66. The third kappa shape index (κ3) is 3.57. The summed E-state index contributed by atoms with van der Waals surface area (Å²) in [6.07, 6.45) is 1.59. The Labute approximate surface area is 123 Å². The zero-order chi connectivity index (χ0) is 14.7. The van der Waals surface area contributed by atoms with Crippen molar-refractivity contribution in [2.24, 2.45) is 0 Å². The molecular formula is C14H18ClN5. The molecule has 1 aromatic heterocycles. The van der Waals surface area contributed by atoms with Crippen LogP contribution < -0.4 is 10.6 Å². The van der Waals surface area contributed by atoms with Crippen LogP contribution in [0.1, 0.15) is 25.0 Å². The second kappa shape index (κ2) is 6.05. The molecule has 0 aliphatic rings. The molecule has 0 aliphatic heterocycles. The summed E-state index contributed by atoms with van der Waals surface area (Å²) in [4.78, 5) is 4.36. The SMILES string of the molecule is Cc1cc(C)c(Nc2nncc(NC(C)C)n2)c(Cl)c1. The van der Waals surface area contributed by atoms with Crippen LogP contribution in [0.4, 0.5) is 17.5 Å². The highest BCUT2D eigenvalue weighted by atomic mass is 35.5. The smallest absolute Gasteiger partial charge is 0.249 e. The number of halogens is 1. The molecule has 2 rings (SSSR count). The van der Waals surface area contributed by atoms with Crippen molar-refractivity contribution in [2.75, 3.05) is 10.6 Å². The maximum absolute atomic E-state index is 6.25. The number of nitrogens with zero attached hydrogens (tertiary/aromatic N) is 3. The van der Waals surface area contributed by atoms with Gasteiger partial charge >= 0.3 is 0 Å². The predicted molar refractivity (Wildman–Crippen MR) is 82.8 cm³/mol. The summed E-state index contributed by atoms with van der Waals surface area (Å²) in [5.74, 6) is 1.10. The molecule has 0 bridgehead atoms. The second-order valence-electron chi connectivity index (χ2n) is 5.03. The normalized spacial score (nSPS) is 10.7. The van der Waals surface area contributed by atoms with Crippen molar-refractivity contribution in [3.8, 4) is 0 Å². The highest BCUT2D eigenvalue weighted by Gasteiger charge is 2.08. The van der Waals surface area contributed by atoms with Crippen LogP contribution in [0.2, 0.25) is 5.02 Å². The minimum absolute atomic E-state index is 0.282. The molecule has 1 heterocycles. The van der Waals surface area contributed by atoms with Crippen LogP contribution in [-0.4, -0.2) is 21.2 Å². The number of benzene rings is 1. The van der Waals surface area contributed by atoms with E-state index in [9.17, 15) is 0 Å². The van der Waals surface area contributed by atoms with E-state index >= 15 is 0 Å². The fourth-order valence-electron chi connectivity index (χ4n) is 1.91. The monoisotopic (exact) mass is 291 g/mol. The first-order chi connectivity index (χ1) is 9.45. The number of aryl methyl sites for hydroxylation is 2. The van der Waals surface area contributed by atoms with E-state index < -0.39 is 0 Å². The Hall–Kier alpha value is -1.88. The lowest BCUT2D eigenvalue weighted by Crippen LogP contribution is -2.12. The van der Waals surface area contributed by atoms with Gasteiger partial charge in [-0.1, -0.05) is 17.7 Å². The Morgan fingerprint density at radius 1 is 1.20 bits per heavy atom. The highest BCUT2D eigenvalue weighted by Crippen LogP contribution is 2.29. The average Bonchev–Trinajstić information content (AvgIpc) is 2.33. The van der Waals surface area contributed by atoms with Gasteiger partial charge in [-0.05, 0) is 44.9 Å². The van der Waals surface area contributed by atoms with Crippen LogP contribution in [0.3, 0.4) is 0 Å². The molecule has 0 saturated carbocycles. The van der Waals surface area contributed by atoms with Gasteiger partial charge in [0.05, 0.1) is 16.9 Å². The molecule has 0 radical (unpaired) electrons. The molecule has 0 fully saturated rings. The van der Waals surface area contributed by atoms with E-state index in [1.165, 1.54) is 0 Å². The first-order valence-electron chi connectivity index (χ1n) is 6.45. The molecule has 2 aromatic rings. The fraction of sp³-hybridized carbons (Fsp3) is 0.357. The molecule has 0 atom stereocenters. The first kappa shape index (κ1) is 14.5. The van der Waals surface area contributed by atoms with Gasteiger partial charge in [0.2, 0.25) is 5.95 Å². The predicted octanol–water partition coefficient (Wildman–Crippen LogP) is 3.71. The number of anilines is 3. The number of rotatable bonds is 4. The van der Waals surface area contributed by atoms with Crippen molar-refractivity contribution in [3.05, 3.63) is 34.5 Å². The first-order valence-corrected chi connectivity index (χ1v) is 6.83. The van der Waals surface area contributed by atoms with E-state index in [4.69, 9.17) is 11.6 Å². The van der Waals surface area contributed by atoms with E-state index in [2.05, 4.69) is 31.9 Å². The topological polar surface area (TPSA) is 62.7 Å². The minimum Gasteiger partial charge on any atom is -0.366 e. The van der Waals surface area contributed by atoms with Gasteiger partial charge in [0, 0.05) is 6.04 Å². The van der Waals surface area contributed by atoms with Crippen molar-refractivity contribution in [2.45, 2.75) is 33.7 Å². The van der Waals surface area contributed by atoms with Crippen molar-refractivity contribution in [3.63, 3.8) is 0 Å². The summed E-state index contributed by atoms with van der Waals surface area (Å²) in [5, 5.41) is 14.9. The summed E-state index contributed by atoms with van der Waals surface area (Å²) >= 11 is 6.25. The van der Waals surface area contributed by atoms with Crippen molar-refractivity contribution < 1.29 is 0 Å². The zero-order valence-electron chi connectivity index (χ0n) is 12.0.